The summed E-state index contributed by atoms with van der Waals surface area (Å²) in [6.07, 6.45) is 1.84. The van der Waals surface area contributed by atoms with Crippen molar-refractivity contribution in [3.63, 3.8) is 0 Å². The van der Waals surface area contributed by atoms with E-state index in [1.165, 1.54) is 0 Å². The molecule has 2 atom stereocenters. The lowest BCUT2D eigenvalue weighted by Crippen LogP contribution is -2.53. The molecule has 2 aliphatic heterocycles. The number of hydrogen-bond acceptors (Lipinski definition) is 4. The molecule has 0 bridgehead atoms. The van der Waals surface area contributed by atoms with Gasteiger partial charge in [-0.3, -0.25) is 14.5 Å². The number of carbonyl (C=O) groups excluding carboxylic acids is 2. The van der Waals surface area contributed by atoms with Crippen LogP contribution in [0, 0.1) is 5.92 Å². The summed E-state index contributed by atoms with van der Waals surface area (Å²) in [6.45, 7) is 6.20. The number of hydrogen-bond donors (Lipinski definition) is 2. The molecule has 2 aliphatic rings. The highest BCUT2D eigenvalue weighted by Crippen LogP contribution is 2.21. The summed E-state index contributed by atoms with van der Waals surface area (Å²) < 4.78 is 0. The summed E-state index contributed by atoms with van der Waals surface area (Å²) >= 11 is 6.07. The molecule has 0 spiro atoms. The highest BCUT2D eigenvalue weighted by molar-refractivity contribution is 6.33. The van der Waals surface area contributed by atoms with Gasteiger partial charge in [0.2, 0.25) is 11.8 Å². The SMILES string of the molecule is C[C@H]1C[C@@H](C(=O)N2CCN(CC(=O)Nc3ccccc3Cl)CC2)CCN1. The van der Waals surface area contributed by atoms with Gasteiger partial charge in [-0.1, -0.05) is 23.7 Å². The lowest BCUT2D eigenvalue weighted by molar-refractivity contribution is -0.138. The minimum atomic E-state index is -0.0787. The molecule has 0 saturated carbocycles. The van der Waals surface area contributed by atoms with Gasteiger partial charge in [-0.15, -0.1) is 0 Å². The van der Waals surface area contributed by atoms with Crippen molar-refractivity contribution < 1.29 is 9.59 Å². The predicted octanol–water partition coefficient (Wildman–Crippen LogP) is 1.81. The van der Waals surface area contributed by atoms with Crippen LogP contribution in [0.4, 0.5) is 5.69 Å². The summed E-state index contributed by atoms with van der Waals surface area (Å²) in [4.78, 5) is 29.0. The third kappa shape index (κ3) is 4.96. The molecule has 1 aromatic carbocycles. The molecule has 2 fully saturated rings. The van der Waals surface area contributed by atoms with Crippen molar-refractivity contribution in [2.75, 3.05) is 44.6 Å². The van der Waals surface area contributed by atoms with Crippen LogP contribution in [0.15, 0.2) is 24.3 Å². The van der Waals surface area contributed by atoms with Crippen LogP contribution < -0.4 is 10.6 Å². The molecule has 2 N–H and O–H groups in total. The van der Waals surface area contributed by atoms with Crippen LogP contribution in [-0.4, -0.2) is 66.9 Å². The van der Waals surface area contributed by atoms with Crippen molar-refractivity contribution in [3.05, 3.63) is 29.3 Å². The van der Waals surface area contributed by atoms with E-state index in [2.05, 4.69) is 22.5 Å². The molecule has 1 aromatic rings. The summed E-state index contributed by atoms with van der Waals surface area (Å²) in [5, 5.41) is 6.77. The Morgan fingerprint density at radius 3 is 2.65 bits per heavy atom. The minimum absolute atomic E-state index is 0.0787. The Morgan fingerprint density at radius 2 is 1.96 bits per heavy atom. The molecular weight excluding hydrogens is 352 g/mol. The fraction of sp³-hybridized carbons (Fsp3) is 0.579. The van der Waals surface area contributed by atoms with Gasteiger partial charge >= 0.3 is 0 Å². The molecule has 6 nitrogen and oxygen atoms in total. The molecule has 26 heavy (non-hydrogen) atoms. The molecule has 142 valence electrons. The van der Waals surface area contributed by atoms with E-state index in [0.717, 1.165) is 32.5 Å². The van der Waals surface area contributed by atoms with E-state index in [1.807, 2.05) is 17.0 Å². The number of anilines is 1. The third-order valence-corrected chi connectivity index (χ3v) is 5.50. The van der Waals surface area contributed by atoms with Crippen LogP contribution in [0.25, 0.3) is 0 Å². The van der Waals surface area contributed by atoms with Crippen LogP contribution in [0.3, 0.4) is 0 Å². The van der Waals surface area contributed by atoms with Crippen molar-refractivity contribution in [2.45, 2.75) is 25.8 Å². The largest absolute Gasteiger partial charge is 0.340 e. The van der Waals surface area contributed by atoms with Crippen LogP contribution in [0.1, 0.15) is 19.8 Å². The maximum atomic E-state index is 12.7. The second kappa shape index (κ2) is 8.84. The molecule has 2 amide bonds. The van der Waals surface area contributed by atoms with E-state index in [0.29, 0.717) is 36.4 Å². The number of nitrogens with one attached hydrogen (secondary N) is 2. The highest BCUT2D eigenvalue weighted by atomic mass is 35.5. The zero-order chi connectivity index (χ0) is 18.5. The Labute approximate surface area is 159 Å². The molecule has 0 aromatic heterocycles. The lowest BCUT2D eigenvalue weighted by Gasteiger charge is -2.37. The van der Waals surface area contributed by atoms with Crippen LogP contribution in [-0.2, 0) is 9.59 Å². The van der Waals surface area contributed by atoms with E-state index in [-0.39, 0.29) is 17.7 Å². The average molecular weight is 379 g/mol. The number of rotatable bonds is 4. The number of halogens is 1. The van der Waals surface area contributed by atoms with Gasteiger partial charge in [0.1, 0.15) is 0 Å². The van der Waals surface area contributed by atoms with Crippen LogP contribution >= 0.6 is 11.6 Å². The molecular formula is C19H27ClN4O2. The van der Waals surface area contributed by atoms with Crippen molar-refractivity contribution in [2.24, 2.45) is 5.92 Å². The highest BCUT2D eigenvalue weighted by Gasteiger charge is 2.30. The van der Waals surface area contributed by atoms with Gasteiger partial charge in [-0.2, -0.15) is 0 Å². The fourth-order valence-electron chi connectivity index (χ4n) is 3.70. The molecule has 2 heterocycles. The summed E-state index contributed by atoms with van der Waals surface area (Å²) in [6, 6.07) is 7.62. The quantitative estimate of drug-likeness (QED) is 0.838. The number of benzene rings is 1. The van der Waals surface area contributed by atoms with Crippen LogP contribution in [0.5, 0.6) is 0 Å². The molecule has 3 rings (SSSR count). The Kier molecular flexibility index (Phi) is 6.51. The number of amides is 2. The fourth-order valence-corrected chi connectivity index (χ4v) is 3.88. The number of piperidine rings is 1. The monoisotopic (exact) mass is 378 g/mol. The van der Waals surface area contributed by atoms with Crippen molar-refractivity contribution in [3.8, 4) is 0 Å². The van der Waals surface area contributed by atoms with Crippen molar-refractivity contribution >= 4 is 29.1 Å². The van der Waals surface area contributed by atoms with Gasteiger partial charge in [-0.25, -0.2) is 0 Å². The Hall–Kier alpha value is -1.63. The van der Waals surface area contributed by atoms with Gasteiger partial charge in [0.15, 0.2) is 0 Å². The average Bonchev–Trinajstić information content (AvgIpc) is 2.64. The third-order valence-electron chi connectivity index (χ3n) is 5.17. The first-order valence-corrected chi connectivity index (χ1v) is 9.69. The van der Waals surface area contributed by atoms with E-state index >= 15 is 0 Å². The predicted molar refractivity (Wildman–Crippen MR) is 103 cm³/mol. The second-order valence-corrected chi connectivity index (χ2v) is 7.61. The standard InChI is InChI=1S/C19H27ClN4O2/c1-14-12-15(6-7-21-14)19(26)24-10-8-23(9-11-24)13-18(25)22-17-5-3-2-4-16(17)20/h2-5,14-15,21H,6-13H2,1H3,(H,22,25)/t14-,15-/m0/s1. The molecule has 7 heteroatoms. The molecule has 0 unspecified atom stereocenters. The van der Waals surface area contributed by atoms with E-state index < -0.39 is 0 Å². The van der Waals surface area contributed by atoms with Gasteiger partial charge in [0.25, 0.3) is 0 Å². The summed E-state index contributed by atoms with van der Waals surface area (Å²) in [5.74, 6) is 0.338. The normalized spacial score (nSPS) is 24.3. The number of carbonyl (C=O) groups is 2. The molecule has 0 aliphatic carbocycles. The van der Waals surface area contributed by atoms with E-state index in [9.17, 15) is 9.59 Å². The van der Waals surface area contributed by atoms with Gasteiger partial charge in [0, 0.05) is 38.1 Å². The minimum Gasteiger partial charge on any atom is -0.340 e. The van der Waals surface area contributed by atoms with E-state index in [4.69, 9.17) is 11.6 Å². The van der Waals surface area contributed by atoms with Gasteiger partial charge in [-0.05, 0) is 38.4 Å². The van der Waals surface area contributed by atoms with Gasteiger partial charge in [0.05, 0.1) is 17.3 Å². The van der Waals surface area contributed by atoms with E-state index in [1.54, 1.807) is 12.1 Å². The Bertz CT molecular complexity index is 646. The second-order valence-electron chi connectivity index (χ2n) is 7.21. The molecule has 2 saturated heterocycles. The van der Waals surface area contributed by atoms with Gasteiger partial charge < -0.3 is 15.5 Å². The zero-order valence-electron chi connectivity index (χ0n) is 15.2. The summed E-state index contributed by atoms with van der Waals surface area (Å²) in [7, 11) is 0. The smallest absolute Gasteiger partial charge is 0.238 e. The maximum Gasteiger partial charge on any atom is 0.238 e. The maximum absolute atomic E-state index is 12.7. The number of piperazine rings is 1. The zero-order valence-corrected chi connectivity index (χ0v) is 16.0. The molecule has 0 radical (unpaired) electrons. The first-order chi connectivity index (χ1) is 12.5. The van der Waals surface area contributed by atoms with Crippen LogP contribution in [0.2, 0.25) is 5.02 Å². The van der Waals surface area contributed by atoms with Crippen molar-refractivity contribution in [1.82, 2.24) is 15.1 Å². The Balaban J connectivity index is 1.44. The summed E-state index contributed by atoms with van der Waals surface area (Å²) in [5.41, 5.74) is 0.632. The lowest BCUT2D eigenvalue weighted by atomic mass is 9.92. The van der Waals surface area contributed by atoms with Crippen molar-refractivity contribution in [1.29, 1.82) is 0 Å². The Morgan fingerprint density at radius 1 is 1.23 bits per heavy atom. The number of para-hydroxylation sites is 1. The topological polar surface area (TPSA) is 64.7 Å². The first-order valence-electron chi connectivity index (χ1n) is 9.32. The first kappa shape index (κ1) is 19.1. The number of nitrogens with zero attached hydrogens (tertiary/aromatic N) is 2.